The second-order valence-electron chi connectivity index (χ2n) is 4.20. The number of aromatic hydroxyl groups is 1. The van der Waals surface area contributed by atoms with E-state index in [1.165, 1.54) is 18.2 Å². The van der Waals surface area contributed by atoms with E-state index in [1.54, 1.807) is 6.08 Å². The summed E-state index contributed by atoms with van der Waals surface area (Å²) in [5.74, 6) is 0.0567. The van der Waals surface area contributed by atoms with Crippen molar-refractivity contribution in [3.8, 4) is 5.75 Å². The van der Waals surface area contributed by atoms with E-state index in [0.29, 0.717) is 5.56 Å². The molecular weight excluding hydrogens is 240 g/mol. The summed E-state index contributed by atoms with van der Waals surface area (Å²) in [7, 11) is -3.43. The Bertz CT molecular complexity index is 570. The number of hydrogen-bond acceptors (Lipinski definition) is 4. The quantitative estimate of drug-likeness (QED) is 0.895. The Morgan fingerprint density at radius 3 is 2.71 bits per heavy atom. The number of sulfone groups is 1. The Morgan fingerprint density at radius 1 is 1.35 bits per heavy atom. The van der Waals surface area contributed by atoms with Gasteiger partial charge in [0.1, 0.15) is 5.75 Å². The van der Waals surface area contributed by atoms with Gasteiger partial charge in [-0.25, -0.2) is 8.42 Å². The van der Waals surface area contributed by atoms with Crippen molar-refractivity contribution in [3.63, 3.8) is 0 Å². The molecule has 0 amide bonds. The summed E-state index contributed by atoms with van der Waals surface area (Å²) in [5, 5.41) is 9.32. The molecule has 0 spiro atoms. The minimum absolute atomic E-state index is 0.0248. The van der Waals surface area contributed by atoms with E-state index in [-0.39, 0.29) is 28.3 Å². The molecule has 0 atom stereocenters. The summed E-state index contributed by atoms with van der Waals surface area (Å²) in [4.78, 5) is 0.476. The van der Waals surface area contributed by atoms with Gasteiger partial charge in [0.15, 0.2) is 0 Å². The van der Waals surface area contributed by atoms with Crippen molar-refractivity contribution < 1.29 is 18.3 Å². The lowest BCUT2D eigenvalue weighted by atomic mass is 10.2. The van der Waals surface area contributed by atoms with Crippen LogP contribution in [-0.4, -0.2) is 26.2 Å². The lowest BCUT2D eigenvalue weighted by Gasteiger charge is -2.08. The first-order chi connectivity index (χ1) is 7.91. The van der Waals surface area contributed by atoms with E-state index in [2.05, 4.69) is 0 Å². The summed E-state index contributed by atoms with van der Waals surface area (Å²) < 4.78 is 29.5. The lowest BCUT2D eigenvalue weighted by molar-refractivity contribution is 0.101. The van der Waals surface area contributed by atoms with Gasteiger partial charge in [-0.15, -0.1) is 0 Å². The monoisotopic (exact) mass is 254 g/mol. The topological polar surface area (TPSA) is 63.6 Å². The van der Waals surface area contributed by atoms with Gasteiger partial charge in [-0.1, -0.05) is 0 Å². The number of fused-ring (bicyclic) bond motifs is 1. The van der Waals surface area contributed by atoms with Crippen LogP contribution in [0.1, 0.15) is 19.4 Å². The summed E-state index contributed by atoms with van der Waals surface area (Å²) in [5.41, 5.74) is 0.521. The molecule has 1 heterocycles. The second kappa shape index (κ2) is 4.16. The number of benzene rings is 1. The molecular formula is C12H14O4S. The highest BCUT2D eigenvalue weighted by Gasteiger charge is 2.29. The molecule has 1 aliphatic rings. The Morgan fingerprint density at radius 2 is 2.06 bits per heavy atom. The van der Waals surface area contributed by atoms with Crippen molar-refractivity contribution in [3.05, 3.63) is 28.7 Å². The number of ether oxygens (including phenoxy) is 1. The van der Waals surface area contributed by atoms with Crippen molar-refractivity contribution in [1.82, 2.24) is 0 Å². The lowest BCUT2D eigenvalue weighted by Crippen LogP contribution is -2.10. The van der Waals surface area contributed by atoms with E-state index in [4.69, 9.17) is 4.74 Å². The SMILES string of the molecule is CC(C)OCC1=Cc2cc(O)ccc2S1(=O)=O. The summed E-state index contributed by atoms with van der Waals surface area (Å²) in [6, 6.07) is 4.23. The van der Waals surface area contributed by atoms with Gasteiger partial charge < -0.3 is 9.84 Å². The molecule has 0 bridgehead atoms. The fourth-order valence-corrected chi connectivity index (χ4v) is 3.12. The molecule has 17 heavy (non-hydrogen) atoms. The number of phenolic OH excluding ortho intramolecular Hbond substituents is 1. The van der Waals surface area contributed by atoms with Gasteiger partial charge in [-0.2, -0.15) is 0 Å². The molecule has 1 aromatic rings. The van der Waals surface area contributed by atoms with Gasteiger partial charge in [-0.3, -0.25) is 0 Å². The molecule has 0 fully saturated rings. The van der Waals surface area contributed by atoms with Gasteiger partial charge in [0, 0.05) is 0 Å². The van der Waals surface area contributed by atoms with Crippen LogP contribution in [0.3, 0.4) is 0 Å². The van der Waals surface area contributed by atoms with E-state index < -0.39 is 9.84 Å². The standard InChI is InChI=1S/C12H14O4S/c1-8(2)16-7-11-6-9-5-10(13)3-4-12(9)17(11,14)15/h3-6,8,13H,7H2,1-2H3. The van der Waals surface area contributed by atoms with Crippen LogP contribution >= 0.6 is 0 Å². The predicted octanol–water partition coefficient (Wildman–Crippen LogP) is 1.95. The van der Waals surface area contributed by atoms with E-state index in [0.717, 1.165) is 0 Å². The van der Waals surface area contributed by atoms with Crippen LogP contribution in [-0.2, 0) is 14.6 Å². The van der Waals surface area contributed by atoms with Gasteiger partial charge in [-0.05, 0) is 43.7 Å². The van der Waals surface area contributed by atoms with E-state index in [9.17, 15) is 13.5 Å². The third-order valence-electron chi connectivity index (χ3n) is 2.50. The van der Waals surface area contributed by atoms with Crippen LogP contribution in [0, 0.1) is 0 Å². The van der Waals surface area contributed by atoms with Crippen LogP contribution < -0.4 is 0 Å². The zero-order chi connectivity index (χ0) is 12.6. The number of rotatable bonds is 3. The fraction of sp³-hybridized carbons (Fsp3) is 0.333. The number of hydrogen-bond donors (Lipinski definition) is 1. The maximum Gasteiger partial charge on any atom is 0.205 e. The summed E-state index contributed by atoms with van der Waals surface area (Å²) in [6.07, 6.45) is 1.52. The molecule has 0 saturated carbocycles. The molecule has 0 unspecified atom stereocenters. The van der Waals surface area contributed by atoms with Crippen LogP contribution in [0.25, 0.3) is 6.08 Å². The molecule has 0 saturated heterocycles. The number of phenols is 1. The van der Waals surface area contributed by atoms with E-state index >= 15 is 0 Å². The Hall–Kier alpha value is -1.33. The zero-order valence-corrected chi connectivity index (χ0v) is 10.5. The second-order valence-corrected chi connectivity index (χ2v) is 6.17. The van der Waals surface area contributed by atoms with Gasteiger partial charge in [0.25, 0.3) is 0 Å². The zero-order valence-electron chi connectivity index (χ0n) is 9.67. The largest absolute Gasteiger partial charge is 0.508 e. The van der Waals surface area contributed by atoms with Crippen LogP contribution in [0.4, 0.5) is 0 Å². The minimum atomic E-state index is -3.43. The van der Waals surface area contributed by atoms with Crippen molar-refractivity contribution in [2.45, 2.75) is 24.8 Å². The van der Waals surface area contributed by atoms with Crippen molar-refractivity contribution in [1.29, 1.82) is 0 Å². The molecule has 1 N–H and O–H groups in total. The first-order valence-corrected chi connectivity index (χ1v) is 6.80. The van der Waals surface area contributed by atoms with Crippen molar-refractivity contribution >= 4 is 15.9 Å². The first kappa shape index (κ1) is 12.1. The Balaban J connectivity index is 2.37. The molecule has 0 aromatic heterocycles. The minimum Gasteiger partial charge on any atom is -0.508 e. The average molecular weight is 254 g/mol. The predicted molar refractivity (Wildman–Crippen MR) is 64.4 cm³/mol. The average Bonchev–Trinajstić information content (AvgIpc) is 2.46. The fourth-order valence-electron chi connectivity index (χ4n) is 1.65. The summed E-state index contributed by atoms with van der Waals surface area (Å²) >= 11 is 0. The maximum atomic E-state index is 12.1. The third kappa shape index (κ3) is 2.21. The van der Waals surface area contributed by atoms with E-state index in [1.807, 2.05) is 13.8 Å². The maximum absolute atomic E-state index is 12.1. The molecule has 92 valence electrons. The molecule has 0 aliphatic carbocycles. The van der Waals surface area contributed by atoms with Gasteiger partial charge in [0.05, 0.1) is 22.5 Å². The molecule has 1 aromatic carbocycles. The van der Waals surface area contributed by atoms with Crippen molar-refractivity contribution in [2.24, 2.45) is 0 Å². The normalized spacial score (nSPS) is 17.0. The highest BCUT2D eigenvalue weighted by molar-refractivity contribution is 7.95. The highest BCUT2D eigenvalue weighted by Crippen LogP contribution is 2.34. The molecule has 2 rings (SSSR count). The molecule has 4 nitrogen and oxygen atoms in total. The van der Waals surface area contributed by atoms with Gasteiger partial charge in [0.2, 0.25) is 9.84 Å². The van der Waals surface area contributed by atoms with Crippen LogP contribution in [0.2, 0.25) is 0 Å². The first-order valence-electron chi connectivity index (χ1n) is 5.31. The van der Waals surface area contributed by atoms with Crippen LogP contribution in [0.5, 0.6) is 5.75 Å². The van der Waals surface area contributed by atoms with Crippen LogP contribution in [0.15, 0.2) is 28.0 Å². The Labute approximate surface area is 100 Å². The van der Waals surface area contributed by atoms with Crippen molar-refractivity contribution in [2.75, 3.05) is 6.61 Å². The highest BCUT2D eigenvalue weighted by atomic mass is 32.2. The smallest absolute Gasteiger partial charge is 0.205 e. The molecule has 0 radical (unpaired) electrons. The molecule has 5 heteroatoms. The Kier molecular flexibility index (Phi) is 2.97. The molecule has 1 aliphatic heterocycles. The van der Waals surface area contributed by atoms with Gasteiger partial charge >= 0.3 is 0 Å². The summed E-state index contributed by atoms with van der Waals surface area (Å²) in [6.45, 7) is 3.76. The third-order valence-corrected chi connectivity index (χ3v) is 4.38.